The third-order valence-electron chi connectivity index (χ3n) is 2.46. The lowest BCUT2D eigenvalue weighted by atomic mass is 10.3. The molecule has 0 fully saturated rings. The molecule has 100 valence electrons. The van der Waals surface area contributed by atoms with Gasteiger partial charge < -0.3 is 19.6 Å². The molecule has 0 aromatic carbocycles. The summed E-state index contributed by atoms with van der Waals surface area (Å²) in [4.78, 5) is 25.5. The van der Waals surface area contributed by atoms with Crippen LogP contribution in [0.15, 0.2) is 0 Å². The normalized spacial score (nSPS) is 12.0. The molecule has 0 aromatic rings. The van der Waals surface area contributed by atoms with Crippen LogP contribution in [0, 0.1) is 0 Å². The van der Waals surface area contributed by atoms with E-state index >= 15 is 0 Å². The molecule has 0 aliphatic heterocycles. The van der Waals surface area contributed by atoms with Gasteiger partial charge in [-0.1, -0.05) is 6.92 Å². The Bertz CT molecular complexity index is 258. The van der Waals surface area contributed by atoms with Gasteiger partial charge in [-0.15, -0.1) is 0 Å². The van der Waals surface area contributed by atoms with Crippen molar-refractivity contribution in [2.45, 2.75) is 26.3 Å². The van der Waals surface area contributed by atoms with Gasteiger partial charge in [-0.05, 0) is 13.3 Å². The van der Waals surface area contributed by atoms with Crippen LogP contribution in [0.1, 0.15) is 20.3 Å². The van der Waals surface area contributed by atoms with Crippen LogP contribution >= 0.6 is 0 Å². The van der Waals surface area contributed by atoms with Gasteiger partial charge in [0, 0.05) is 20.7 Å². The minimum atomic E-state index is -1.00. The van der Waals surface area contributed by atoms with E-state index < -0.39 is 5.97 Å². The molecule has 1 unspecified atom stereocenters. The Kier molecular flexibility index (Phi) is 7.29. The number of carbonyl (C=O) groups is 2. The summed E-state index contributed by atoms with van der Waals surface area (Å²) in [7, 11) is 3.21. The number of hydrogen-bond donors (Lipinski definition) is 1. The molecule has 0 saturated carbocycles. The van der Waals surface area contributed by atoms with E-state index in [0.29, 0.717) is 13.2 Å². The Hall–Kier alpha value is -1.30. The van der Waals surface area contributed by atoms with Crippen LogP contribution in [0.4, 0.5) is 4.79 Å². The molecule has 0 rings (SSSR count). The Balaban J connectivity index is 4.52. The topological polar surface area (TPSA) is 70.1 Å². The number of amides is 2. The predicted molar refractivity (Wildman–Crippen MR) is 64.0 cm³/mol. The van der Waals surface area contributed by atoms with E-state index in [1.165, 1.54) is 9.80 Å². The van der Waals surface area contributed by atoms with Gasteiger partial charge in [0.25, 0.3) is 0 Å². The Morgan fingerprint density at radius 3 is 2.41 bits per heavy atom. The van der Waals surface area contributed by atoms with Crippen molar-refractivity contribution >= 4 is 12.0 Å². The summed E-state index contributed by atoms with van der Waals surface area (Å²) in [6, 6.07) is -0.362. The molecule has 0 aromatic heterocycles. The zero-order chi connectivity index (χ0) is 13.4. The van der Waals surface area contributed by atoms with E-state index in [9.17, 15) is 9.59 Å². The SMILES string of the molecule is CCCN(CC(=O)O)C(=O)N(C)C(C)COC. The first-order chi connectivity index (χ1) is 7.93. The smallest absolute Gasteiger partial charge is 0.323 e. The van der Waals surface area contributed by atoms with Gasteiger partial charge in [-0.3, -0.25) is 4.79 Å². The second kappa shape index (κ2) is 7.89. The van der Waals surface area contributed by atoms with Crippen LogP contribution in [-0.4, -0.2) is 66.8 Å². The summed E-state index contributed by atoms with van der Waals surface area (Å²) in [6.07, 6.45) is 0.728. The quantitative estimate of drug-likeness (QED) is 0.723. The number of aliphatic carboxylic acids is 1. The second-order valence-electron chi connectivity index (χ2n) is 4.01. The van der Waals surface area contributed by atoms with Crippen molar-refractivity contribution < 1.29 is 19.4 Å². The molecule has 0 radical (unpaired) electrons. The number of likely N-dealkylation sites (N-methyl/N-ethyl adjacent to an activating group) is 1. The number of nitrogens with zero attached hydrogens (tertiary/aromatic N) is 2. The van der Waals surface area contributed by atoms with Gasteiger partial charge in [0.2, 0.25) is 0 Å². The van der Waals surface area contributed by atoms with Crippen LogP contribution < -0.4 is 0 Å². The molecule has 0 heterocycles. The highest BCUT2D eigenvalue weighted by atomic mass is 16.5. The molecule has 6 heteroatoms. The number of carboxylic acids is 1. The van der Waals surface area contributed by atoms with Crippen LogP contribution in [0.2, 0.25) is 0 Å². The Morgan fingerprint density at radius 2 is 2.00 bits per heavy atom. The van der Waals surface area contributed by atoms with E-state index in [1.807, 2.05) is 13.8 Å². The summed E-state index contributed by atoms with van der Waals surface area (Å²) < 4.78 is 4.97. The standard InChI is InChI=1S/C11H22N2O4/c1-5-6-13(7-10(14)15)11(16)12(3)9(2)8-17-4/h9H,5-8H2,1-4H3,(H,14,15). The van der Waals surface area contributed by atoms with Crippen molar-refractivity contribution in [3.63, 3.8) is 0 Å². The maximum atomic E-state index is 12.0. The Morgan fingerprint density at radius 1 is 1.41 bits per heavy atom. The number of urea groups is 1. The van der Waals surface area contributed by atoms with Crippen LogP contribution in [0.25, 0.3) is 0 Å². The third kappa shape index (κ3) is 5.53. The highest BCUT2D eigenvalue weighted by Crippen LogP contribution is 2.03. The van der Waals surface area contributed by atoms with Gasteiger partial charge in [0.1, 0.15) is 6.54 Å². The van der Waals surface area contributed by atoms with E-state index in [-0.39, 0.29) is 18.6 Å². The summed E-state index contributed by atoms with van der Waals surface area (Å²) in [5.74, 6) is -1.00. The second-order valence-corrected chi connectivity index (χ2v) is 4.01. The van der Waals surface area contributed by atoms with Crippen molar-refractivity contribution in [1.29, 1.82) is 0 Å². The molecule has 0 bridgehead atoms. The maximum Gasteiger partial charge on any atom is 0.323 e. The van der Waals surface area contributed by atoms with Crippen molar-refractivity contribution in [1.82, 2.24) is 9.80 Å². The minimum absolute atomic E-state index is 0.0827. The van der Waals surface area contributed by atoms with Crippen molar-refractivity contribution in [2.24, 2.45) is 0 Å². The van der Waals surface area contributed by atoms with E-state index in [4.69, 9.17) is 9.84 Å². The zero-order valence-corrected chi connectivity index (χ0v) is 11.0. The molecule has 0 aliphatic rings. The predicted octanol–water partition coefficient (Wildman–Crippen LogP) is 0.870. The summed E-state index contributed by atoms with van der Waals surface area (Å²) in [5.41, 5.74) is 0. The summed E-state index contributed by atoms with van der Waals surface area (Å²) in [6.45, 7) is 4.36. The number of ether oxygens (including phenoxy) is 1. The van der Waals surface area contributed by atoms with Crippen molar-refractivity contribution in [3.05, 3.63) is 0 Å². The molecule has 0 spiro atoms. The third-order valence-corrected chi connectivity index (χ3v) is 2.46. The van der Waals surface area contributed by atoms with Crippen LogP contribution in [-0.2, 0) is 9.53 Å². The number of rotatable bonds is 7. The van der Waals surface area contributed by atoms with E-state index in [0.717, 1.165) is 6.42 Å². The molecule has 1 atom stereocenters. The highest BCUT2D eigenvalue weighted by molar-refractivity contribution is 5.80. The molecular weight excluding hydrogens is 224 g/mol. The summed E-state index contributed by atoms with van der Waals surface area (Å²) in [5, 5.41) is 8.75. The summed E-state index contributed by atoms with van der Waals surface area (Å²) >= 11 is 0. The largest absolute Gasteiger partial charge is 0.480 e. The highest BCUT2D eigenvalue weighted by Gasteiger charge is 2.22. The fourth-order valence-corrected chi connectivity index (χ4v) is 1.44. The molecule has 1 N–H and O–H groups in total. The van der Waals surface area contributed by atoms with Crippen LogP contribution in [0.3, 0.4) is 0 Å². The Labute approximate surface area is 102 Å². The van der Waals surface area contributed by atoms with Gasteiger partial charge >= 0.3 is 12.0 Å². The van der Waals surface area contributed by atoms with E-state index in [2.05, 4.69) is 0 Å². The number of methoxy groups -OCH3 is 1. The van der Waals surface area contributed by atoms with Gasteiger partial charge in [-0.25, -0.2) is 4.79 Å². The zero-order valence-electron chi connectivity index (χ0n) is 11.0. The average molecular weight is 246 g/mol. The number of hydrogen-bond acceptors (Lipinski definition) is 3. The van der Waals surface area contributed by atoms with E-state index in [1.54, 1.807) is 14.2 Å². The van der Waals surface area contributed by atoms with Gasteiger partial charge in [-0.2, -0.15) is 0 Å². The lowest BCUT2D eigenvalue weighted by Gasteiger charge is -2.30. The molecule has 17 heavy (non-hydrogen) atoms. The van der Waals surface area contributed by atoms with Crippen molar-refractivity contribution in [2.75, 3.05) is 33.9 Å². The maximum absolute atomic E-state index is 12.0. The first-order valence-electron chi connectivity index (χ1n) is 5.66. The molecular formula is C11H22N2O4. The molecule has 6 nitrogen and oxygen atoms in total. The molecule has 0 aliphatic carbocycles. The first-order valence-corrected chi connectivity index (χ1v) is 5.66. The van der Waals surface area contributed by atoms with Gasteiger partial charge in [0.05, 0.1) is 12.6 Å². The molecule has 2 amide bonds. The first kappa shape index (κ1) is 15.7. The number of carboxylic acid groups (broad SMARTS) is 1. The van der Waals surface area contributed by atoms with Gasteiger partial charge in [0.15, 0.2) is 0 Å². The lowest BCUT2D eigenvalue weighted by molar-refractivity contribution is -0.137. The average Bonchev–Trinajstić information content (AvgIpc) is 2.26. The minimum Gasteiger partial charge on any atom is -0.480 e. The van der Waals surface area contributed by atoms with Crippen LogP contribution in [0.5, 0.6) is 0 Å². The van der Waals surface area contributed by atoms with Crippen molar-refractivity contribution in [3.8, 4) is 0 Å². The number of carbonyl (C=O) groups excluding carboxylic acids is 1. The fourth-order valence-electron chi connectivity index (χ4n) is 1.44. The monoisotopic (exact) mass is 246 g/mol. The molecule has 0 saturated heterocycles. The lowest BCUT2D eigenvalue weighted by Crippen LogP contribution is -2.48. The fraction of sp³-hybridized carbons (Fsp3) is 0.818.